The topological polar surface area (TPSA) is 48.1 Å². The largest absolute Gasteiger partial charge is 0.481 e. The Labute approximate surface area is 120 Å². The van der Waals surface area contributed by atoms with Gasteiger partial charge in [-0.25, -0.2) is 4.98 Å². The molecule has 0 aliphatic heterocycles. The zero-order chi connectivity index (χ0) is 14.0. The Balaban J connectivity index is 2.11. The van der Waals surface area contributed by atoms with Crippen molar-refractivity contribution < 1.29 is 4.74 Å². The number of pyridine rings is 1. The molecule has 1 aromatic heterocycles. The Morgan fingerprint density at radius 2 is 2.00 bits per heavy atom. The molecule has 0 saturated heterocycles. The monoisotopic (exact) mass is 270 g/mol. The van der Waals surface area contributed by atoms with Crippen LogP contribution in [0.3, 0.4) is 0 Å². The van der Waals surface area contributed by atoms with Gasteiger partial charge in [-0.3, -0.25) is 0 Å². The van der Waals surface area contributed by atoms with E-state index in [9.17, 15) is 0 Å². The molecule has 1 heterocycles. The van der Waals surface area contributed by atoms with Crippen LogP contribution in [0.5, 0.6) is 5.88 Å². The highest BCUT2D eigenvalue weighted by molar-refractivity contribution is 5.87. The van der Waals surface area contributed by atoms with Crippen LogP contribution < -0.4 is 10.5 Å². The van der Waals surface area contributed by atoms with Crippen LogP contribution in [0.1, 0.15) is 37.7 Å². The minimum Gasteiger partial charge on any atom is -0.481 e. The zero-order valence-corrected chi connectivity index (χ0v) is 12.1. The molecule has 0 spiro atoms. The summed E-state index contributed by atoms with van der Waals surface area (Å²) in [6, 6.07) is 8.66. The van der Waals surface area contributed by atoms with E-state index in [-0.39, 0.29) is 5.41 Å². The second-order valence-electron chi connectivity index (χ2n) is 5.80. The van der Waals surface area contributed by atoms with Gasteiger partial charge in [0.05, 0.1) is 7.11 Å². The predicted octanol–water partition coefficient (Wildman–Crippen LogP) is 3.40. The molecule has 0 bridgehead atoms. The summed E-state index contributed by atoms with van der Waals surface area (Å²) in [7, 11) is 1.67. The summed E-state index contributed by atoms with van der Waals surface area (Å²) in [5.74, 6) is 0.701. The Kier molecular flexibility index (Phi) is 3.62. The lowest BCUT2D eigenvalue weighted by Gasteiger charge is -2.37. The van der Waals surface area contributed by atoms with E-state index in [0.717, 1.165) is 11.9 Å². The molecule has 0 unspecified atom stereocenters. The summed E-state index contributed by atoms with van der Waals surface area (Å²) in [4.78, 5) is 4.31. The van der Waals surface area contributed by atoms with Crippen LogP contribution in [0.15, 0.2) is 30.5 Å². The molecule has 1 aliphatic carbocycles. The van der Waals surface area contributed by atoms with Crippen molar-refractivity contribution in [1.29, 1.82) is 0 Å². The maximum Gasteiger partial charge on any atom is 0.221 e. The summed E-state index contributed by atoms with van der Waals surface area (Å²) < 4.78 is 5.39. The Hall–Kier alpha value is -1.61. The molecule has 1 fully saturated rings. The van der Waals surface area contributed by atoms with Crippen LogP contribution in [-0.4, -0.2) is 18.6 Å². The van der Waals surface area contributed by atoms with Gasteiger partial charge in [-0.2, -0.15) is 0 Å². The van der Waals surface area contributed by atoms with E-state index in [1.54, 1.807) is 13.3 Å². The second-order valence-corrected chi connectivity index (χ2v) is 5.80. The molecule has 1 aromatic carbocycles. The van der Waals surface area contributed by atoms with Crippen molar-refractivity contribution in [3.63, 3.8) is 0 Å². The third kappa shape index (κ3) is 2.16. The van der Waals surface area contributed by atoms with Crippen LogP contribution in [0, 0.1) is 0 Å². The summed E-state index contributed by atoms with van der Waals surface area (Å²) in [5, 5.41) is 2.26. The maximum atomic E-state index is 6.14. The van der Waals surface area contributed by atoms with Crippen LogP contribution in [0.4, 0.5) is 0 Å². The van der Waals surface area contributed by atoms with Gasteiger partial charge in [0.2, 0.25) is 5.88 Å². The van der Waals surface area contributed by atoms with E-state index < -0.39 is 0 Å². The number of nitrogens with zero attached hydrogens (tertiary/aromatic N) is 1. The van der Waals surface area contributed by atoms with Crippen LogP contribution >= 0.6 is 0 Å². The number of methoxy groups -OCH3 is 1. The van der Waals surface area contributed by atoms with Crippen molar-refractivity contribution in [1.82, 2.24) is 4.98 Å². The molecule has 3 nitrogen and oxygen atoms in total. The fourth-order valence-electron chi connectivity index (χ4n) is 3.47. The van der Waals surface area contributed by atoms with Gasteiger partial charge >= 0.3 is 0 Å². The Morgan fingerprint density at radius 1 is 1.20 bits per heavy atom. The van der Waals surface area contributed by atoms with E-state index in [4.69, 9.17) is 10.5 Å². The first kappa shape index (κ1) is 13.4. The first-order chi connectivity index (χ1) is 9.79. The zero-order valence-electron chi connectivity index (χ0n) is 12.1. The smallest absolute Gasteiger partial charge is 0.221 e. The number of fused-ring (bicyclic) bond motifs is 1. The van der Waals surface area contributed by atoms with Gasteiger partial charge in [0.15, 0.2) is 0 Å². The Bertz CT molecular complexity index is 603. The van der Waals surface area contributed by atoms with Crippen molar-refractivity contribution >= 4 is 10.8 Å². The fraction of sp³-hybridized carbons (Fsp3) is 0.471. The predicted molar refractivity (Wildman–Crippen MR) is 82.1 cm³/mol. The summed E-state index contributed by atoms with van der Waals surface area (Å²) >= 11 is 0. The number of hydrogen-bond acceptors (Lipinski definition) is 3. The van der Waals surface area contributed by atoms with Crippen molar-refractivity contribution in [2.75, 3.05) is 13.7 Å². The summed E-state index contributed by atoms with van der Waals surface area (Å²) in [6.45, 7) is 0.723. The van der Waals surface area contributed by atoms with E-state index in [1.165, 1.54) is 43.1 Å². The molecular formula is C17H22N2O. The molecule has 1 saturated carbocycles. The molecule has 2 aromatic rings. The molecule has 3 rings (SSSR count). The van der Waals surface area contributed by atoms with E-state index in [1.807, 2.05) is 6.07 Å². The van der Waals surface area contributed by atoms with Gasteiger partial charge < -0.3 is 10.5 Å². The number of ether oxygens (including phenoxy) is 1. The van der Waals surface area contributed by atoms with E-state index in [2.05, 4.69) is 23.2 Å². The summed E-state index contributed by atoms with van der Waals surface area (Å²) in [6.07, 6.45) is 8.06. The van der Waals surface area contributed by atoms with Crippen molar-refractivity contribution in [3.8, 4) is 5.88 Å². The quantitative estimate of drug-likeness (QED) is 0.929. The average Bonchev–Trinajstić information content (AvgIpc) is 2.54. The van der Waals surface area contributed by atoms with Gasteiger partial charge in [0.25, 0.3) is 0 Å². The molecule has 0 atom stereocenters. The first-order valence-electron chi connectivity index (χ1n) is 7.42. The van der Waals surface area contributed by atoms with Crippen molar-refractivity contribution in [2.45, 2.75) is 37.5 Å². The second kappa shape index (κ2) is 5.41. The van der Waals surface area contributed by atoms with E-state index in [0.29, 0.717) is 5.88 Å². The van der Waals surface area contributed by atoms with Gasteiger partial charge in [-0.1, -0.05) is 31.4 Å². The normalized spacial score (nSPS) is 18.1. The molecule has 0 radical (unpaired) electrons. The lowest BCUT2D eigenvalue weighted by Crippen LogP contribution is -2.37. The number of nitrogens with two attached hydrogens (primary N) is 1. The Morgan fingerprint density at radius 3 is 2.70 bits per heavy atom. The first-order valence-corrected chi connectivity index (χ1v) is 7.42. The highest BCUT2D eigenvalue weighted by Gasteiger charge is 2.32. The third-order valence-corrected chi connectivity index (χ3v) is 4.74. The number of aromatic nitrogens is 1. The number of hydrogen-bond donors (Lipinski definition) is 1. The lowest BCUT2D eigenvalue weighted by atomic mass is 9.69. The molecule has 106 valence electrons. The van der Waals surface area contributed by atoms with Gasteiger partial charge in [0.1, 0.15) is 0 Å². The van der Waals surface area contributed by atoms with Gasteiger partial charge in [0, 0.05) is 23.5 Å². The van der Waals surface area contributed by atoms with E-state index >= 15 is 0 Å². The average molecular weight is 270 g/mol. The van der Waals surface area contributed by atoms with Crippen LogP contribution in [-0.2, 0) is 5.41 Å². The highest BCUT2D eigenvalue weighted by Crippen LogP contribution is 2.40. The van der Waals surface area contributed by atoms with Crippen LogP contribution in [0.25, 0.3) is 10.8 Å². The minimum absolute atomic E-state index is 0.146. The van der Waals surface area contributed by atoms with Gasteiger partial charge in [-0.05, 0) is 35.9 Å². The van der Waals surface area contributed by atoms with Crippen LogP contribution in [0.2, 0.25) is 0 Å². The summed E-state index contributed by atoms with van der Waals surface area (Å²) in [5.41, 5.74) is 7.63. The molecular weight excluding hydrogens is 248 g/mol. The fourth-order valence-corrected chi connectivity index (χ4v) is 3.47. The molecule has 2 N–H and O–H groups in total. The lowest BCUT2D eigenvalue weighted by molar-refractivity contribution is 0.301. The van der Waals surface area contributed by atoms with Crippen molar-refractivity contribution in [2.24, 2.45) is 5.73 Å². The number of rotatable bonds is 3. The maximum absolute atomic E-state index is 6.14. The SMILES string of the molecule is COc1nccc2ccc(C3(CN)CCCCC3)cc12. The van der Waals surface area contributed by atoms with Gasteiger partial charge in [-0.15, -0.1) is 0 Å². The molecule has 3 heteroatoms. The third-order valence-electron chi connectivity index (χ3n) is 4.74. The molecule has 0 amide bonds. The highest BCUT2D eigenvalue weighted by atomic mass is 16.5. The number of benzene rings is 1. The molecule has 20 heavy (non-hydrogen) atoms. The standard InChI is InChI=1S/C17H22N2O/c1-20-16-15-11-14(6-5-13(15)7-10-19-16)17(12-18)8-3-2-4-9-17/h5-7,10-11H,2-4,8-9,12,18H2,1H3. The minimum atomic E-state index is 0.146. The van der Waals surface area contributed by atoms with Crippen molar-refractivity contribution in [3.05, 3.63) is 36.0 Å². The molecule has 1 aliphatic rings.